The summed E-state index contributed by atoms with van der Waals surface area (Å²) < 4.78 is 1.79. The number of hydrogen-bond donors (Lipinski definition) is 1. The lowest BCUT2D eigenvalue weighted by atomic mass is 9.95. The number of nitrogens with zero attached hydrogens (tertiary/aromatic N) is 4. The van der Waals surface area contributed by atoms with E-state index in [1.54, 1.807) is 4.68 Å². The largest absolute Gasteiger partial charge is 0.390 e. The maximum atomic E-state index is 13.2. The molecule has 2 aliphatic heterocycles. The Morgan fingerprint density at radius 1 is 1.00 bits per heavy atom. The van der Waals surface area contributed by atoms with Crippen LogP contribution in [0.3, 0.4) is 0 Å². The van der Waals surface area contributed by atoms with Gasteiger partial charge in [-0.15, -0.1) is 0 Å². The Bertz CT molecular complexity index is 1120. The van der Waals surface area contributed by atoms with Gasteiger partial charge >= 0.3 is 0 Å². The molecule has 3 aromatic rings. The van der Waals surface area contributed by atoms with Gasteiger partial charge in [-0.3, -0.25) is 14.4 Å². The van der Waals surface area contributed by atoms with E-state index in [2.05, 4.69) is 46.4 Å². The highest BCUT2D eigenvalue weighted by atomic mass is 16.3. The first-order valence-electron chi connectivity index (χ1n) is 11.4. The van der Waals surface area contributed by atoms with E-state index < -0.39 is 6.10 Å². The van der Waals surface area contributed by atoms with E-state index in [4.69, 9.17) is 0 Å². The molecule has 1 N–H and O–H groups in total. The van der Waals surface area contributed by atoms with E-state index >= 15 is 0 Å². The first-order chi connectivity index (χ1) is 15.5. The average Bonchev–Trinajstić information content (AvgIpc) is 3.20. The monoisotopic (exact) mass is 430 g/mol. The molecular formula is C26H30N4O2. The summed E-state index contributed by atoms with van der Waals surface area (Å²) in [5.74, 6) is 0.0251. The van der Waals surface area contributed by atoms with Crippen molar-refractivity contribution in [3.05, 3.63) is 88.2 Å². The summed E-state index contributed by atoms with van der Waals surface area (Å²) in [4.78, 5) is 17.3. The quantitative estimate of drug-likeness (QED) is 0.653. The fourth-order valence-electron chi connectivity index (χ4n) is 4.94. The van der Waals surface area contributed by atoms with Gasteiger partial charge in [0.2, 0.25) is 0 Å². The first-order valence-corrected chi connectivity index (χ1v) is 11.4. The van der Waals surface area contributed by atoms with Crippen molar-refractivity contribution in [3.8, 4) is 0 Å². The van der Waals surface area contributed by atoms with Crippen LogP contribution in [-0.2, 0) is 32.9 Å². The number of hydrogen-bond acceptors (Lipinski definition) is 4. The smallest absolute Gasteiger partial charge is 0.254 e. The Hall–Kier alpha value is -2.96. The van der Waals surface area contributed by atoms with Crippen LogP contribution in [0.15, 0.2) is 54.7 Å². The summed E-state index contributed by atoms with van der Waals surface area (Å²) in [6.45, 7) is 3.43. The Labute approximate surface area is 189 Å². The number of aliphatic hydroxyl groups excluding tert-OH is 1. The van der Waals surface area contributed by atoms with Crippen LogP contribution < -0.4 is 0 Å². The van der Waals surface area contributed by atoms with Crippen LogP contribution in [0.2, 0.25) is 0 Å². The van der Waals surface area contributed by atoms with Gasteiger partial charge in [0.25, 0.3) is 5.91 Å². The standard InChI is InChI=1S/C26H30N4O2/c1-28-11-10-23(27-28)14-19-6-7-21-9-13-30(26(32)25(21)15-19)18-24(31)17-29-12-8-20-4-2-3-5-22(20)16-29/h2-7,10-11,15,24,31H,8-9,12-14,16-18H2,1H3. The molecule has 0 radical (unpaired) electrons. The number of β-amino-alcohol motifs (C(OH)–C–C–N with tert-alkyl or cyclic N) is 1. The zero-order valence-electron chi connectivity index (χ0n) is 18.6. The molecule has 0 spiro atoms. The summed E-state index contributed by atoms with van der Waals surface area (Å²) in [6.07, 6.45) is 3.93. The predicted molar refractivity (Wildman–Crippen MR) is 123 cm³/mol. The number of aromatic nitrogens is 2. The fraction of sp³-hybridized carbons (Fsp3) is 0.385. The highest BCUT2D eigenvalue weighted by molar-refractivity contribution is 5.97. The Morgan fingerprint density at radius 3 is 2.62 bits per heavy atom. The summed E-state index contributed by atoms with van der Waals surface area (Å²) in [6, 6.07) is 16.7. The number of carbonyl (C=O) groups excluding carboxylic acids is 1. The second-order valence-electron chi connectivity index (χ2n) is 9.06. The molecule has 1 aromatic heterocycles. The maximum absolute atomic E-state index is 13.2. The Kier molecular flexibility index (Phi) is 5.81. The number of carbonyl (C=O) groups is 1. The number of fused-ring (bicyclic) bond motifs is 2. The van der Waals surface area contributed by atoms with Crippen molar-refractivity contribution in [2.75, 3.05) is 26.2 Å². The zero-order chi connectivity index (χ0) is 22.1. The van der Waals surface area contributed by atoms with Crippen molar-refractivity contribution < 1.29 is 9.90 Å². The van der Waals surface area contributed by atoms with Gasteiger partial charge in [0.05, 0.1) is 11.8 Å². The van der Waals surface area contributed by atoms with E-state index in [9.17, 15) is 9.90 Å². The van der Waals surface area contributed by atoms with E-state index in [-0.39, 0.29) is 5.91 Å². The lowest BCUT2D eigenvalue weighted by Crippen LogP contribution is -2.46. The molecule has 0 aliphatic carbocycles. The highest BCUT2D eigenvalue weighted by Gasteiger charge is 2.27. The SMILES string of the molecule is Cn1ccc(Cc2ccc3c(c2)C(=O)N(CC(O)CN2CCc4ccccc4C2)CC3)n1. The van der Waals surface area contributed by atoms with E-state index in [0.717, 1.165) is 48.3 Å². The summed E-state index contributed by atoms with van der Waals surface area (Å²) in [7, 11) is 1.91. The van der Waals surface area contributed by atoms with Crippen LogP contribution in [0.1, 0.15) is 38.3 Å². The number of aryl methyl sites for hydroxylation is 1. The van der Waals surface area contributed by atoms with Gasteiger partial charge in [-0.2, -0.15) is 5.10 Å². The lowest BCUT2D eigenvalue weighted by Gasteiger charge is -2.34. The van der Waals surface area contributed by atoms with Gasteiger partial charge in [-0.05, 0) is 47.2 Å². The highest BCUT2D eigenvalue weighted by Crippen LogP contribution is 2.23. The van der Waals surface area contributed by atoms with Gasteiger partial charge in [0, 0.05) is 58.0 Å². The third-order valence-corrected chi connectivity index (χ3v) is 6.61. The number of aliphatic hydroxyl groups is 1. The van der Waals surface area contributed by atoms with Crippen molar-refractivity contribution in [2.24, 2.45) is 7.05 Å². The molecule has 0 bridgehead atoms. The van der Waals surface area contributed by atoms with E-state index in [1.807, 2.05) is 30.3 Å². The van der Waals surface area contributed by atoms with Crippen molar-refractivity contribution in [1.29, 1.82) is 0 Å². The van der Waals surface area contributed by atoms with Crippen molar-refractivity contribution in [2.45, 2.75) is 31.9 Å². The third-order valence-electron chi connectivity index (χ3n) is 6.61. The third kappa shape index (κ3) is 4.47. The van der Waals surface area contributed by atoms with Crippen LogP contribution in [0, 0.1) is 0 Å². The average molecular weight is 431 g/mol. The summed E-state index contributed by atoms with van der Waals surface area (Å²) >= 11 is 0. The van der Waals surface area contributed by atoms with Gasteiger partial charge in [0.15, 0.2) is 0 Å². The molecule has 3 heterocycles. The Balaban J connectivity index is 1.22. The molecule has 1 amide bonds. The topological polar surface area (TPSA) is 61.6 Å². The molecule has 166 valence electrons. The normalized spacial score (nSPS) is 17.2. The molecule has 0 saturated heterocycles. The number of amides is 1. The molecular weight excluding hydrogens is 400 g/mol. The van der Waals surface area contributed by atoms with Crippen molar-refractivity contribution >= 4 is 5.91 Å². The van der Waals surface area contributed by atoms with Crippen molar-refractivity contribution in [3.63, 3.8) is 0 Å². The fourth-order valence-corrected chi connectivity index (χ4v) is 4.94. The first kappa shape index (κ1) is 20.9. The van der Waals surface area contributed by atoms with Gasteiger partial charge in [-0.25, -0.2) is 0 Å². The minimum absolute atomic E-state index is 0.0251. The molecule has 1 unspecified atom stereocenters. The predicted octanol–water partition coefficient (Wildman–Crippen LogP) is 2.43. The van der Waals surface area contributed by atoms with Gasteiger partial charge in [-0.1, -0.05) is 36.4 Å². The summed E-state index contributed by atoms with van der Waals surface area (Å²) in [5, 5.41) is 15.2. The molecule has 32 heavy (non-hydrogen) atoms. The molecule has 6 heteroatoms. The second-order valence-corrected chi connectivity index (χ2v) is 9.06. The zero-order valence-corrected chi connectivity index (χ0v) is 18.6. The summed E-state index contributed by atoms with van der Waals surface area (Å²) in [5.41, 5.74) is 6.69. The van der Waals surface area contributed by atoms with E-state index in [0.29, 0.717) is 26.1 Å². The molecule has 2 aromatic carbocycles. The number of rotatable bonds is 6. The lowest BCUT2D eigenvalue weighted by molar-refractivity contribution is 0.0492. The van der Waals surface area contributed by atoms with Gasteiger partial charge in [0.1, 0.15) is 0 Å². The molecule has 0 saturated carbocycles. The van der Waals surface area contributed by atoms with Crippen molar-refractivity contribution in [1.82, 2.24) is 19.6 Å². The minimum atomic E-state index is -0.553. The van der Waals surface area contributed by atoms with E-state index in [1.165, 1.54) is 11.1 Å². The Morgan fingerprint density at radius 2 is 1.81 bits per heavy atom. The molecule has 0 fully saturated rings. The molecule has 6 nitrogen and oxygen atoms in total. The van der Waals surface area contributed by atoms with Crippen LogP contribution in [0.25, 0.3) is 0 Å². The van der Waals surface area contributed by atoms with Crippen LogP contribution in [0.4, 0.5) is 0 Å². The van der Waals surface area contributed by atoms with Crippen LogP contribution in [-0.4, -0.2) is 62.9 Å². The number of benzene rings is 2. The molecule has 2 aliphatic rings. The molecule has 5 rings (SSSR count). The second kappa shape index (κ2) is 8.88. The van der Waals surface area contributed by atoms with Gasteiger partial charge < -0.3 is 10.0 Å². The van der Waals surface area contributed by atoms with Crippen LogP contribution >= 0.6 is 0 Å². The van der Waals surface area contributed by atoms with Crippen LogP contribution in [0.5, 0.6) is 0 Å². The maximum Gasteiger partial charge on any atom is 0.254 e. The molecule has 1 atom stereocenters. The minimum Gasteiger partial charge on any atom is -0.390 e.